The Morgan fingerprint density at radius 3 is 2.42 bits per heavy atom. The van der Waals surface area contributed by atoms with Crippen molar-refractivity contribution in [3.8, 4) is 11.4 Å². The molecule has 0 bridgehead atoms. The summed E-state index contributed by atoms with van der Waals surface area (Å²) >= 11 is 0. The van der Waals surface area contributed by atoms with Gasteiger partial charge in [-0.2, -0.15) is 0 Å². The van der Waals surface area contributed by atoms with Crippen LogP contribution in [0.4, 0.5) is 10.1 Å². The van der Waals surface area contributed by atoms with Crippen LogP contribution in [0.25, 0.3) is 16.6 Å². The normalized spacial score (nSPS) is 16.9. The topological polar surface area (TPSA) is 87.0 Å². The Morgan fingerprint density at radius 1 is 1.08 bits per heavy atom. The molecule has 2 fully saturated rings. The van der Waals surface area contributed by atoms with Gasteiger partial charge in [0, 0.05) is 44.6 Å². The lowest BCUT2D eigenvalue weighted by atomic mass is 10.1. The van der Waals surface area contributed by atoms with Crippen LogP contribution in [0.1, 0.15) is 35.2 Å². The number of nitrogens with one attached hydrogen (secondary N) is 1. The third-order valence-corrected chi connectivity index (χ3v) is 7.11. The molecule has 0 unspecified atom stereocenters. The van der Waals surface area contributed by atoms with Crippen molar-refractivity contribution in [1.29, 1.82) is 0 Å². The van der Waals surface area contributed by atoms with Gasteiger partial charge >= 0.3 is 5.97 Å². The van der Waals surface area contributed by atoms with Gasteiger partial charge in [0.15, 0.2) is 11.6 Å². The van der Waals surface area contributed by atoms with Gasteiger partial charge in [0.25, 0.3) is 0 Å². The van der Waals surface area contributed by atoms with Crippen molar-refractivity contribution in [1.82, 2.24) is 14.8 Å². The van der Waals surface area contributed by atoms with Crippen molar-refractivity contribution in [3.05, 3.63) is 63.7 Å². The van der Waals surface area contributed by atoms with Crippen LogP contribution in [0.5, 0.6) is 5.75 Å². The van der Waals surface area contributed by atoms with E-state index in [2.05, 4.69) is 10.2 Å². The summed E-state index contributed by atoms with van der Waals surface area (Å²) in [4.78, 5) is 29.3. The first-order valence-electron chi connectivity index (χ1n) is 12.4. The number of nitrogens with zero attached hydrogens (tertiary/aromatic N) is 3. The third-order valence-electron chi connectivity index (χ3n) is 7.11. The molecule has 36 heavy (non-hydrogen) atoms. The number of hydrogen-bond acceptors (Lipinski definition) is 6. The van der Waals surface area contributed by atoms with Crippen LogP contribution < -0.4 is 20.4 Å². The fourth-order valence-corrected chi connectivity index (χ4v) is 5.29. The molecule has 3 aromatic rings. The molecule has 0 spiro atoms. The molecule has 0 aliphatic carbocycles. The van der Waals surface area contributed by atoms with Crippen LogP contribution in [-0.4, -0.2) is 66.9 Å². The molecular formula is C27H31FN4O4. The van der Waals surface area contributed by atoms with Crippen molar-refractivity contribution >= 4 is 22.6 Å². The predicted octanol–water partition coefficient (Wildman–Crippen LogP) is 3.23. The van der Waals surface area contributed by atoms with E-state index in [9.17, 15) is 14.7 Å². The van der Waals surface area contributed by atoms with E-state index in [4.69, 9.17) is 4.74 Å². The summed E-state index contributed by atoms with van der Waals surface area (Å²) in [6.07, 6.45) is 5.02. The van der Waals surface area contributed by atoms with Crippen LogP contribution in [0, 0.1) is 5.82 Å². The molecule has 2 aromatic carbocycles. The summed E-state index contributed by atoms with van der Waals surface area (Å²) < 4.78 is 22.8. The number of hydrogen-bond donors (Lipinski definition) is 2. The van der Waals surface area contributed by atoms with Crippen molar-refractivity contribution in [2.24, 2.45) is 0 Å². The molecule has 2 aliphatic heterocycles. The SMILES string of the molecule is COc1c(N2CCNCC2)c(F)cc2c(=O)c(C(=O)O)cn(-c3ccc(CN4CCCCC4)cc3)c12. The Bertz CT molecular complexity index is 1330. The average Bonchev–Trinajstić information content (AvgIpc) is 2.90. The number of aromatic carboxylic acids is 1. The number of halogens is 1. The molecule has 1 aromatic heterocycles. The number of benzene rings is 2. The molecule has 0 saturated carbocycles. The molecule has 5 rings (SSSR count). The number of fused-ring (bicyclic) bond motifs is 1. The van der Waals surface area contributed by atoms with Crippen LogP contribution in [-0.2, 0) is 6.54 Å². The van der Waals surface area contributed by atoms with Crippen LogP contribution in [0.2, 0.25) is 0 Å². The highest BCUT2D eigenvalue weighted by Crippen LogP contribution is 2.39. The highest BCUT2D eigenvalue weighted by molar-refractivity contribution is 5.97. The number of carbonyl (C=O) groups is 1. The first-order valence-corrected chi connectivity index (χ1v) is 12.4. The largest absolute Gasteiger partial charge is 0.492 e. The lowest BCUT2D eigenvalue weighted by Crippen LogP contribution is -2.44. The van der Waals surface area contributed by atoms with Crippen LogP contribution in [0.3, 0.4) is 0 Å². The highest BCUT2D eigenvalue weighted by atomic mass is 19.1. The monoisotopic (exact) mass is 494 g/mol. The number of rotatable bonds is 6. The van der Waals surface area contributed by atoms with E-state index in [1.807, 2.05) is 29.2 Å². The van der Waals surface area contributed by atoms with Gasteiger partial charge in [0.2, 0.25) is 5.43 Å². The fourth-order valence-electron chi connectivity index (χ4n) is 5.29. The Morgan fingerprint density at radius 2 is 1.78 bits per heavy atom. The Balaban J connectivity index is 1.66. The van der Waals surface area contributed by atoms with Crippen molar-refractivity contribution < 1.29 is 19.0 Å². The third kappa shape index (κ3) is 4.56. The highest BCUT2D eigenvalue weighted by Gasteiger charge is 2.26. The van der Waals surface area contributed by atoms with E-state index in [0.29, 0.717) is 37.4 Å². The predicted molar refractivity (Wildman–Crippen MR) is 137 cm³/mol. The number of piperazine rings is 1. The minimum atomic E-state index is -1.36. The van der Waals surface area contributed by atoms with Gasteiger partial charge in [-0.15, -0.1) is 0 Å². The molecule has 2 saturated heterocycles. The Labute approximate surface area is 208 Å². The number of anilines is 1. The van der Waals surface area contributed by atoms with E-state index in [1.54, 1.807) is 4.57 Å². The average molecular weight is 495 g/mol. The number of pyridine rings is 1. The maximum atomic E-state index is 15.4. The zero-order chi connectivity index (χ0) is 25.2. The van der Waals surface area contributed by atoms with Crippen molar-refractivity contribution in [2.75, 3.05) is 51.3 Å². The number of carboxylic acids is 1. The van der Waals surface area contributed by atoms with Gasteiger partial charge in [-0.3, -0.25) is 9.69 Å². The number of likely N-dealkylation sites (tertiary alicyclic amines) is 1. The molecular weight excluding hydrogens is 463 g/mol. The van der Waals surface area contributed by atoms with Gasteiger partial charge in [-0.25, -0.2) is 9.18 Å². The Hall–Kier alpha value is -3.43. The second-order valence-corrected chi connectivity index (χ2v) is 9.42. The summed E-state index contributed by atoms with van der Waals surface area (Å²) in [5.41, 5.74) is 1.30. The van der Waals surface area contributed by atoms with Gasteiger partial charge in [0.05, 0.1) is 12.5 Å². The zero-order valence-corrected chi connectivity index (χ0v) is 20.4. The molecule has 2 aliphatic rings. The summed E-state index contributed by atoms with van der Waals surface area (Å²) in [5, 5.41) is 12.9. The van der Waals surface area contributed by atoms with Gasteiger partial charge in [0.1, 0.15) is 16.8 Å². The van der Waals surface area contributed by atoms with Gasteiger partial charge < -0.3 is 24.6 Å². The molecule has 0 amide bonds. The summed E-state index contributed by atoms with van der Waals surface area (Å²) in [6.45, 7) is 5.60. The quantitative estimate of drug-likeness (QED) is 0.544. The molecule has 190 valence electrons. The molecule has 0 radical (unpaired) electrons. The number of piperidine rings is 1. The van der Waals surface area contributed by atoms with E-state index >= 15 is 4.39 Å². The maximum Gasteiger partial charge on any atom is 0.341 e. The Kier molecular flexibility index (Phi) is 6.93. The van der Waals surface area contributed by atoms with E-state index in [0.717, 1.165) is 31.3 Å². The van der Waals surface area contributed by atoms with Crippen molar-refractivity contribution in [2.45, 2.75) is 25.8 Å². The van der Waals surface area contributed by atoms with E-state index in [-0.39, 0.29) is 16.8 Å². The summed E-state index contributed by atoms with van der Waals surface area (Å²) in [6, 6.07) is 8.98. The minimum absolute atomic E-state index is 0.0273. The maximum absolute atomic E-state index is 15.4. The number of carboxylic acid groups (broad SMARTS) is 1. The van der Waals surface area contributed by atoms with Gasteiger partial charge in [-0.05, 0) is 49.7 Å². The fraction of sp³-hybridized carbons (Fsp3) is 0.407. The molecule has 0 atom stereocenters. The van der Waals surface area contributed by atoms with E-state index in [1.165, 1.54) is 32.6 Å². The second kappa shape index (κ2) is 10.3. The second-order valence-electron chi connectivity index (χ2n) is 9.42. The first kappa shape index (κ1) is 24.3. The smallest absolute Gasteiger partial charge is 0.341 e. The molecule has 2 N–H and O–H groups in total. The number of methoxy groups -OCH3 is 1. The van der Waals surface area contributed by atoms with Gasteiger partial charge in [-0.1, -0.05) is 18.6 Å². The number of aromatic nitrogens is 1. The zero-order valence-electron chi connectivity index (χ0n) is 20.4. The van der Waals surface area contributed by atoms with Crippen molar-refractivity contribution in [3.63, 3.8) is 0 Å². The standard InChI is InChI=1S/C27H31FN4O4/c1-36-26-23-20(15-22(28)24(26)31-13-9-29-10-14-31)25(33)21(27(34)35)17-32(23)19-7-5-18(6-8-19)16-30-11-3-2-4-12-30/h5-8,15,17,29H,2-4,9-14,16H2,1H3,(H,34,35). The van der Waals surface area contributed by atoms with Crippen LogP contribution in [0.15, 0.2) is 41.3 Å². The molecule has 8 nitrogen and oxygen atoms in total. The molecule has 9 heteroatoms. The van der Waals surface area contributed by atoms with E-state index < -0.39 is 22.8 Å². The van der Waals surface area contributed by atoms with Crippen LogP contribution >= 0.6 is 0 Å². The number of ether oxygens (including phenoxy) is 1. The summed E-state index contributed by atoms with van der Waals surface area (Å²) in [5.74, 6) is -1.74. The lowest BCUT2D eigenvalue weighted by molar-refractivity contribution is 0.0695. The lowest BCUT2D eigenvalue weighted by Gasteiger charge is -2.31. The summed E-state index contributed by atoms with van der Waals surface area (Å²) in [7, 11) is 1.45. The minimum Gasteiger partial charge on any atom is -0.492 e. The molecule has 3 heterocycles. The first-order chi connectivity index (χ1) is 17.5.